The fraction of sp³-hybridized carbons (Fsp3) is 0.154. The van der Waals surface area contributed by atoms with Gasteiger partial charge in [0.25, 0.3) is 0 Å². The number of benzene rings is 1. The van der Waals surface area contributed by atoms with Crippen molar-refractivity contribution >= 4 is 49.8 Å². The molecule has 1 N–H and O–H groups in total. The molecule has 0 atom stereocenters. The van der Waals surface area contributed by atoms with Gasteiger partial charge in [-0.25, -0.2) is 0 Å². The van der Waals surface area contributed by atoms with Gasteiger partial charge in [0.2, 0.25) is 5.13 Å². The van der Waals surface area contributed by atoms with Gasteiger partial charge < -0.3 is 9.84 Å². The first kappa shape index (κ1) is 14.6. The van der Waals surface area contributed by atoms with E-state index < -0.39 is 0 Å². The third-order valence-corrected chi connectivity index (χ3v) is 4.98. The van der Waals surface area contributed by atoms with Gasteiger partial charge in [-0.3, -0.25) is 0 Å². The van der Waals surface area contributed by atoms with Gasteiger partial charge in [-0.15, -0.1) is 10.2 Å². The van der Waals surface area contributed by atoms with Gasteiger partial charge >= 0.3 is 0 Å². The number of anilines is 2. The quantitative estimate of drug-likeness (QED) is 0.648. The number of thioether (sulfide) groups is 1. The highest BCUT2D eigenvalue weighted by atomic mass is 79.9. The first-order chi connectivity index (χ1) is 10.2. The smallest absolute Gasteiger partial charge is 0.210 e. The lowest BCUT2D eigenvalue weighted by molar-refractivity contribution is 0.391. The van der Waals surface area contributed by atoms with E-state index in [1.54, 1.807) is 11.8 Å². The van der Waals surface area contributed by atoms with E-state index >= 15 is 0 Å². The second kappa shape index (κ2) is 6.59. The summed E-state index contributed by atoms with van der Waals surface area (Å²) in [6.45, 7) is 1.91. The second-order valence-electron chi connectivity index (χ2n) is 4.23. The van der Waals surface area contributed by atoms with Gasteiger partial charge in [0.05, 0.1) is 11.4 Å². The minimum atomic E-state index is 0.701. The van der Waals surface area contributed by atoms with Crippen molar-refractivity contribution in [3.8, 4) is 0 Å². The molecule has 2 heterocycles. The molecule has 8 heteroatoms. The predicted molar refractivity (Wildman–Crippen MR) is 88.1 cm³/mol. The first-order valence-corrected chi connectivity index (χ1v) is 8.69. The van der Waals surface area contributed by atoms with Crippen LogP contribution in [-0.2, 0) is 5.75 Å². The summed E-state index contributed by atoms with van der Waals surface area (Å²) in [6, 6.07) is 9.85. The second-order valence-corrected chi connectivity index (χ2v) is 7.35. The maximum Gasteiger partial charge on any atom is 0.210 e. The van der Waals surface area contributed by atoms with E-state index in [4.69, 9.17) is 4.52 Å². The Bertz CT molecular complexity index is 743. The number of hydrogen-bond donors (Lipinski definition) is 1. The zero-order valence-electron chi connectivity index (χ0n) is 11.0. The van der Waals surface area contributed by atoms with Crippen LogP contribution in [0.2, 0.25) is 0 Å². The third kappa shape index (κ3) is 4.05. The van der Waals surface area contributed by atoms with Crippen LogP contribution in [0.5, 0.6) is 0 Å². The zero-order chi connectivity index (χ0) is 14.7. The molecule has 0 saturated heterocycles. The Morgan fingerprint density at radius 1 is 1.33 bits per heavy atom. The first-order valence-electron chi connectivity index (χ1n) is 6.10. The van der Waals surface area contributed by atoms with Crippen LogP contribution in [-0.4, -0.2) is 15.4 Å². The monoisotopic (exact) mass is 382 g/mol. The van der Waals surface area contributed by atoms with Gasteiger partial charge in [-0.05, 0) is 25.1 Å². The Balaban J connectivity index is 1.61. The Hall–Kier alpha value is -1.38. The van der Waals surface area contributed by atoms with Gasteiger partial charge in [0.15, 0.2) is 4.34 Å². The lowest BCUT2D eigenvalue weighted by Gasteiger charge is -2.01. The molecule has 108 valence electrons. The molecule has 0 bridgehead atoms. The highest BCUT2D eigenvalue weighted by molar-refractivity contribution is 9.10. The maximum atomic E-state index is 5.17. The summed E-state index contributed by atoms with van der Waals surface area (Å²) in [7, 11) is 0. The van der Waals surface area contributed by atoms with Crippen LogP contribution in [0.3, 0.4) is 0 Å². The number of hydrogen-bond acceptors (Lipinski definition) is 7. The number of nitrogens with zero attached hydrogens (tertiary/aromatic N) is 3. The molecular weight excluding hydrogens is 372 g/mol. The molecule has 0 fully saturated rings. The van der Waals surface area contributed by atoms with E-state index in [0.717, 1.165) is 31.1 Å². The molecule has 3 rings (SSSR count). The molecule has 5 nitrogen and oxygen atoms in total. The van der Waals surface area contributed by atoms with Gasteiger partial charge in [0.1, 0.15) is 5.76 Å². The fourth-order valence-corrected chi connectivity index (χ4v) is 3.67. The van der Waals surface area contributed by atoms with Crippen molar-refractivity contribution in [2.75, 3.05) is 5.32 Å². The van der Waals surface area contributed by atoms with Crippen LogP contribution in [0.1, 0.15) is 11.5 Å². The molecule has 0 aliphatic rings. The highest BCUT2D eigenvalue weighted by Crippen LogP contribution is 2.30. The number of aromatic nitrogens is 3. The number of halogens is 1. The van der Waals surface area contributed by atoms with E-state index in [-0.39, 0.29) is 0 Å². The van der Waals surface area contributed by atoms with Crippen LogP contribution in [0.15, 0.2) is 43.7 Å². The van der Waals surface area contributed by atoms with E-state index in [1.165, 1.54) is 11.3 Å². The van der Waals surface area contributed by atoms with E-state index in [9.17, 15) is 0 Å². The molecule has 3 aromatic rings. The minimum absolute atomic E-state index is 0.701. The van der Waals surface area contributed by atoms with Crippen LogP contribution < -0.4 is 5.32 Å². The SMILES string of the molecule is Cc1cc(CSc2nnc(Nc3cccc(Br)c3)s2)on1. The summed E-state index contributed by atoms with van der Waals surface area (Å²) >= 11 is 6.54. The summed E-state index contributed by atoms with van der Waals surface area (Å²) in [6.07, 6.45) is 0. The van der Waals surface area contributed by atoms with Crippen LogP contribution in [0.4, 0.5) is 10.8 Å². The van der Waals surface area contributed by atoms with E-state index in [1.807, 2.05) is 37.3 Å². The topological polar surface area (TPSA) is 63.8 Å². The van der Waals surface area contributed by atoms with Crippen LogP contribution >= 0.6 is 39.0 Å². The molecule has 21 heavy (non-hydrogen) atoms. The summed E-state index contributed by atoms with van der Waals surface area (Å²) in [4.78, 5) is 0. The Morgan fingerprint density at radius 3 is 3.00 bits per heavy atom. The standard InChI is InChI=1S/C13H11BrN4OS2/c1-8-5-11(19-18-8)7-20-13-17-16-12(21-13)15-10-4-2-3-9(14)6-10/h2-6H,7H2,1H3,(H,15,16). The number of aryl methyl sites for hydroxylation is 1. The van der Waals surface area contributed by atoms with Crippen LogP contribution in [0, 0.1) is 6.92 Å². The lowest BCUT2D eigenvalue weighted by Crippen LogP contribution is -1.88. The molecule has 0 aliphatic heterocycles. The predicted octanol–water partition coefficient (Wildman–Crippen LogP) is 4.63. The largest absolute Gasteiger partial charge is 0.360 e. The van der Waals surface area contributed by atoms with Gasteiger partial charge in [0, 0.05) is 16.2 Å². The van der Waals surface area contributed by atoms with Crippen molar-refractivity contribution in [3.63, 3.8) is 0 Å². The van der Waals surface area contributed by atoms with E-state index in [2.05, 4.69) is 36.6 Å². The van der Waals surface area contributed by atoms with Crippen molar-refractivity contribution in [2.45, 2.75) is 17.0 Å². The zero-order valence-corrected chi connectivity index (χ0v) is 14.3. The molecule has 0 unspecified atom stereocenters. The molecule has 0 spiro atoms. The molecule has 0 aliphatic carbocycles. The lowest BCUT2D eigenvalue weighted by atomic mass is 10.3. The van der Waals surface area contributed by atoms with Crippen molar-refractivity contribution in [3.05, 3.63) is 46.3 Å². The normalized spacial score (nSPS) is 10.8. The molecule has 2 aromatic heterocycles. The summed E-state index contributed by atoms with van der Waals surface area (Å²) in [5.41, 5.74) is 1.86. The average Bonchev–Trinajstić information content (AvgIpc) is 3.06. The molecular formula is C13H11BrN4OS2. The Morgan fingerprint density at radius 2 is 2.24 bits per heavy atom. The molecule has 0 amide bonds. The van der Waals surface area contributed by atoms with Crippen molar-refractivity contribution in [1.82, 2.24) is 15.4 Å². The number of rotatable bonds is 5. The van der Waals surface area contributed by atoms with Gasteiger partial charge in [-0.2, -0.15) is 0 Å². The van der Waals surface area contributed by atoms with Crippen molar-refractivity contribution in [2.24, 2.45) is 0 Å². The Kier molecular flexibility index (Phi) is 4.57. The molecule has 0 saturated carbocycles. The maximum absolute atomic E-state index is 5.17. The van der Waals surface area contributed by atoms with Crippen molar-refractivity contribution in [1.29, 1.82) is 0 Å². The number of nitrogens with one attached hydrogen (secondary N) is 1. The fourth-order valence-electron chi connectivity index (χ4n) is 1.63. The average molecular weight is 383 g/mol. The summed E-state index contributed by atoms with van der Waals surface area (Å²) < 4.78 is 7.08. The Labute approximate surface area is 138 Å². The molecule has 1 aromatic carbocycles. The van der Waals surface area contributed by atoms with Gasteiger partial charge in [-0.1, -0.05) is 50.3 Å². The van der Waals surface area contributed by atoms with E-state index in [0.29, 0.717) is 5.75 Å². The minimum Gasteiger partial charge on any atom is -0.360 e. The van der Waals surface area contributed by atoms with Crippen molar-refractivity contribution < 1.29 is 4.52 Å². The highest BCUT2D eigenvalue weighted by Gasteiger charge is 2.08. The van der Waals surface area contributed by atoms with Crippen LogP contribution in [0.25, 0.3) is 0 Å². The molecule has 0 radical (unpaired) electrons. The summed E-state index contributed by atoms with van der Waals surface area (Å²) in [5.74, 6) is 1.54. The summed E-state index contributed by atoms with van der Waals surface area (Å²) in [5, 5.41) is 16.1. The third-order valence-electron chi connectivity index (χ3n) is 2.50.